The molecule has 0 atom stereocenters. The van der Waals surface area contributed by atoms with Crippen LogP contribution in [0, 0.1) is 0 Å². The zero-order valence-corrected chi connectivity index (χ0v) is 10.8. The summed E-state index contributed by atoms with van der Waals surface area (Å²) >= 11 is 3.30. The van der Waals surface area contributed by atoms with Crippen molar-refractivity contribution in [3.63, 3.8) is 0 Å². The van der Waals surface area contributed by atoms with Crippen LogP contribution in [0.25, 0.3) is 17.0 Å². The quantitative estimate of drug-likeness (QED) is 0.681. The third kappa shape index (κ3) is 1.94. The highest BCUT2D eigenvalue weighted by Crippen LogP contribution is 2.23. The Morgan fingerprint density at radius 2 is 2.35 bits per heavy atom. The molecule has 0 unspecified atom stereocenters. The number of aromatic nitrogens is 4. The fourth-order valence-corrected chi connectivity index (χ4v) is 2.79. The van der Waals surface area contributed by atoms with E-state index in [0.29, 0.717) is 5.78 Å². The first kappa shape index (κ1) is 10.7. The molecular weight excluding hydrogens is 252 g/mol. The fourth-order valence-electron chi connectivity index (χ4n) is 1.59. The predicted octanol–water partition coefficient (Wildman–Crippen LogP) is 2.96. The van der Waals surface area contributed by atoms with Gasteiger partial charge in [0.2, 0.25) is 5.16 Å². The average molecular weight is 262 g/mol. The van der Waals surface area contributed by atoms with Gasteiger partial charge in [-0.3, -0.25) is 0 Å². The maximum Gasteiger partial charge on any atom is 0.253 e. The van der Waals surface area contributed by atoms with Gasteiger partial charge in [0.05, 0.1) is 5.69 Å². The van der Waals surface area contributed by atoms with Gasteiger partial charge >= 0.3 is 0 Å². The van der Waals surface area contributed by atoms with E-state index < -0.39 is 0 Å². The lowest BCUT2D eigenvalue weighted by Crippen LogP contribution is -1.94. The van der Waals surface area contributed by atoms with Crippen molar-refractivity contribution in [3.8, 4) is 11.3 Å². The maximum atomic E-state index is 4.47. The lowest BCUT2D eigenvalue weighted by atomic mass is 10.2. The van der Waals surface area contributed by atoms with Crippen LogP contribution in [-0.2, 0) is 0 Å². The van der Waals surface area contributed by atoms with E-state index in [1.165, 1.54) is 0 Å². The number of fused-ring (bicyclic) bond motifs is 1. The van der Waals surface area contributed by atoms with E-state index in [0.717, 1.165) is 22.2 Å². The Balaban J connectivity index is 2.18. The Kier molecular flexibility index (Phi) is 2.82. The third-order valence-corrected chi connectivity index (χ3v) is 3.71. The van der Waals surface area contributed by atoms with Crippen molar-refractivity contribution < 1.29 is 0 Å². The van der Waals surface area contributed by atoms with Crippen LogP contribution in [-0.4, -0.2) is 25.3 Å². The first-order chi connectivity index (χ1) is 8.38. The summed E-state index contributed by atoms with van der Waals surface area (Å²) in [7, 11) is 0. The Morgan fingerprint density at radius 1 is 1.41 bits per heavy atom. The molecule has 0 amide bonds. The van der Waals surface area contributed by atoms with E-state index >= 15 is 0 Å². The molecule has 6 heteroatoms. The Morgan fingerprint density at radius 3 is 3.12 bits per heavy atom. The first-order valence-corrected chi connectivity index (χ1v) is 7.18. The van der Waals surface area contributed by atoms with Gasteiger partial charge in [-0.25, -0.2) is 4.98 Å². The molecule has 3 rings (SSSR count). The van der Waals surface area contributed by atoms with Crippen molar-refractivity contribution >= 4 is 28.9 Å². The summed E-state index contributed by atoms with van der Waals surface area (Å²) in [6, 6.07) is 4.04. The van der Waals surface area contributed by atoms with E-state index in [2.05, 4.69) is 38.8 Å². The fraction of sp³-hybridized carbons (Fsp3) is 0.182. The lowest BCUT2D eigenvalue weighted by molar-refractivity contribution is 0.887. The van der Waals surface area contributed by atoms with Crippen LogP contribution in [0.2, 0.25) is 0 Å². The van der Waals surface area contributed by atoms with Crippen LogP contribution in [0.15, 0.2) is 34.2 Å². The van der Waals surface area contributed by atoms with Crippen LogP contribution >= 0.6 is 23.1 Å². The molecule has 3 heterocycles. The summed E-state index contributed by atoms with van der Waals surface area (Å²) in [5.41, 5.74) is 2.19. The lowest BCUT2D eigenvalue weighted by Gasteiger charge is -1.99. The number of hydrogen-bond donors (Lipinski definition) is 0. The van der Waals surface area contributed by atoms with Gasteiger partial charge in [0.15, 0.2) is 0 Å². The normalized spacial score (nSPS) is 11.1. The minimum atomic E-state index is 0.657. The van der Waals surface area contributed by atoms with E-state index in [1.54, 1.807) is 33.8 Å². The Hall–Kier alpha value is -1.40. The van der Waals surface area contributed by atoms with Crippen molar-refractivity contribution in [3.05, 3.63) is 29.1 Å². The molecule has 0 spiro atoms. The predicted molar refractivity (Wildman–Crippen MR) is 70.5 cm³/mol. The van der Waals surface area contributed by atoms with Gasteiger partial charge in [-0.1, -0.05) is 18.7 Å². The zero-order chi connectivity index (χ0) is 11.7. The van der Waals surface area contributed by atoms with Gasteiger partial charge < -0.3 is 0 Å². The minimum Gasteiger partial charge on any atom is -0.220 e. The maximum absolute atomic E-state index is 4.47. The van der Waals surface area contributed by atoms with Gasteiger partial charge in [-0.2, -0.15) is 20.8 Å². The van der Waals surface area contributed by atoms with Crippen molar-refractivity contribution in [1.82, 2.24) is 19.6 Å². The number of thioether (sulfide) groups is 1. The molecule has 0 bridgehead atoms. The second-order valence-corrected chi connectivity index (χ2v) is 5.39. The van der Waals surface area contributed by atoms with Crippen LogP contribution in [0.5, 0.6) is 0 Å². The molecule has 0 aliphatic heterocycles. The smallest absolute Gasteiger partial charge is 0.220 e. The van der Waals surface area contributed by atoms with Crippen LogP contribution in [0.4, 0.5) is 0 Å². The van der Waals surface area contributed by atoms with Gasteiger partial charge in [0, 0.05) is 17.1 Å². The van der Waals surface area contributed by atoms with Gasteiger partial charge in [0.1, 0.15) is 0 Å². The molecule has 0 aromatic carbocycles. The molecule has 3 aromatic rings. The highest BCUT2D eigenvalue weighted by molar-refractivity contribution is 7.99. The van der Waals surface area contributed by atoms with E-state index in [1.807, 2.05) is 6.07 Å². The van der Waals surface area contributed by atoms with E-state index in [9.17, 15) is 0 Å². The molecule has 0 saturated heterocycles. The molecule has 0 N–H and O–H groups in total. The van der Waals surface area contributed by atoms with E-state index in [-0.39, 0.29) is 0 Å². The molecule has 4 nitrogen and oxygen atoms in total. The highest BCUT2D eigenvalue weighted by Gasteiger charge is 2.09. The van der Waals surface area contributed by atoms with Crippen LogP contribution in [0.1, 0.15) is 6.92 Å². The minimum absolute atomic E-state index is 0.657. The summed E-state index contributed by atoms with van der Waals surface area (Å²) in [6.45, 7) is 2.09. The standard InChI is InChI=1S/C11H10N4S2/c1-2-17-11-13-10-12-5-3-9(15(10)14-11)8-4-6-16-7-8/h3-7H,2H2,1H3. The van der Waals surface area contributed by atoms with Crippen molar-refractivity contribution in [2.45, 2.75) is 12.1 Å². The second-order valence-electron chi connectivity index (χ2n) is 3.38. The highest BCUT2D eigenvalue weighted by atomic mass is 32.2. The second kappa shape index (κ2) is 4.46. The molecule has 3 aromatic heterocycles. The summed E-state index contributed by atoms with van der Waals surface area (Å²) in [5.74, 6) is 1.62. The van der Waals surface area contributed by atoms with Crippen LogP contribution in [0.3, 0.4) is 0 Å². The molecule has 0 saturated carbocycles. The molecule has 0 aliphatic rings. The Bertz CT molecular complexity index is 630. The largest absolute Gasteiger partial charge is 0.253 e. The Labute approximate surface area is 107 Å². The first-order valence-electron chi connectivity index (χ1n) is 5.25. The summed E-state index contributed by atoms with van der Waals surface area (Å²) in [4.78, 5) is 8.61. The molecule has 17 heavy (non-hydrogen) atoms. The average Bonchev–Trinajstić information content (AvgIpc) is 2.97. The van der Waals surface area contributed by atoms with Crippen LogP contribution < -0.4 is 0 Å². The van der Waals surface area contributed by atoms with Crippen molar-refractivity contribution in [1.29, 1.82) is 0 Å². The SMILES string of the molecule is CCSc1nc2nccc(-c3ccsc3)n2n1. The molecule has 0 fully saturated rings. The third-order valence-electron chi connectivity index (χ3n) is 2.31. The zero-order valence-electron chi connectivity index (χ0n) is 9.20. The topological polar surface area (TPSA) is 43.1 Å². The van der Waals surface area contributed by atoms with Crippen molar-refractivity contribution in [2.75, 3.05) is 5.75 Å². The van der Waals surface area contributed by atoms with Gasteiger partial charge in [-0.15, -0.1) is 5.10 Å². The summed E-state index contributed by atoms with van der Waals surface area (Å²) < 4.78 is 1.81. The monoisotopic (exact) mass is 262 g/mol. The number of hydrogen-bond acceptors (Lipinski definition) is 5. The van der Waals surface area contributed by atoms with Gasteiger partial charge in [0.25, 0.3) is 5.78 Å². The number of thiophene rings is 1. The van der Waals surface area contributed by atoms with Crippen molar-refractivity contribution in [2.24, 2.45) is 0 Å². The molecular formula is C11H10N4S2. The molecule has 86 valence electrons. The number of rotatable bonds is 3. The summed E-state index contributed by atoms with van der Waals surface area (Å²) in [5, 5.41) is 9.41. The molecule has 0 radical (unpaired) electrons. The van der Waals surface area contributed by atoms with E-state index in [4.69, 9.17) is 0 Å². The summed E-state index contributed by atoms with van der Waals surface area (Å²) in [6.07, 6.45) is 1.78. The number of nitrogens with zero attached hydrogens (tertiary/aromatic N) is 4. The van der Waals surface area contributed by atoms with Gasteiger partial charge in [-0.05, 0) is 23.3 Å². The molecule has 0 aliphatic carbocycles.